The van der Waals surface area contributed by atoms with Crippen LogP contribution in [0.25, 0.3) is 0 Å². The maximum absolute atomic E-state index is 13.5. The monoisotopic (exact) mass is 482 g/mol. The van der Waals surface area contributed by atoms with Crippen LogP contribution in [-0.2, 0) is 27.8 Å². The van der Waals surface area contributed by atoms with Gasteiger partial charge in [0.25, 0.3) is 0 Å². The van der Waals surface area contributed by atoms with Crippen LogP contribution in [0.4, 0.5) is 0 Å². The maximum Gasteiger partial charge on any atom is 0.246 e. The van der Waals surface area contributed by atoms with Crippen molar-refractivity contribution in [3.8, 4) is 5.75 Å². The highest BCUT2D eigenvalue weighted by molar-refractivity contribution is 7.89. The van der Waals surface area contributed by atoms with E-state index in [0.29, 0.717) is 31.0 Å². The van der Waals surface area contributed by atoms with Gasteiger partial charge in [0.1, 0.15) is 10.6 Å². The Balaban J connectivity index is 1.42. The third-order valence-electron chi connectivity index (χ3n) is 6.19. The van der Waals surface area contributed by atoms with E-state index in [9.17, 15) is 13.2 Å². The minimum absolute atomic E-state index is 0.00902. The third kappa shape index (κ3) is 5.00. The fourth-order valence-corrected chi connectivity index (χ4v) is 6.10. The van der Waals surface area contributed by atoms with Gasteiger partial charge in [-0.1, -0.05) is 42.5 Å². The quantitative estimate of drug-likeness (QED) is 0.517. The second-order valence-electron chi connectivity index (χ2n) is 8.45. The number of hydrogen-bond donors (Lipinski definition) is 0. The summed E-state index contributed by atoms with van der Waals surface area (Å²) < 4.78 is 35.3. The van der Waals surface area contributed by atoms with Crippen LogP contribution in [-0.4, -0.2) is 66.6 Å². The fourth-order valence-electron chi connectivity index (χ4n) is 4.30. The lowest BCUT2D eigenvalue weighted by Gasteiger charge is -2.34. The minimum Gasteiger partial charge on any atom is -0.497 e. The number of benzene rings is 2. The summed E-state index contributed by atoms with van der Waals surface area (Å²) in [4.78, 5) is 14.7. The molecule has 0 bridgehead atoms. The molecule has 4 rings (SSSR count). The standard InChI is InChI=1S/C25H30N4O4S/c1-19-25(20(2)29(26-19)18-22-7-5-4-6-8-22)34(31,32)28-15-13-27(14-16-28)24(30)17-21-9-11-23(33-3)12-10-21/h4-12H,13-18H2,1-3H3. The van der Waals surface area contributed by atoms with Crippen LogP contribution < -0.4 is 4.74 Å². The molecule has 0 atom stereocenters. The number of carbonyl (C=O) groups is 1. The molecule has 3 aromatic rings. The SMILES string of the molecule is COc1ccc(CC(=O)N2CCN(S(=O)(=O)c3c(C)nn(Cc4ccccc4)c3C)CC2)cc1. The van der Waals surface area contributed by atoms with Crippen molar-refractivity contribution in [2.45, 2.75) is 31.7 Å². The molecule has 0 N–H and O–H groups in total. The van der Waals surface area contributed by atoms with Gasteiger partial charge in [-0.15, -0.1) is 0 Å². The van der Waals surface area contributed by atoms with Gasteiger partial charge in [0.2, 0.25) is 15.9 Å². The number of piperazine rings is 1. The molecule has 9 heteroatoms. The molecule has 0 aliphatic carbocycles. The average Bonchev–Trinajstić information content (AvgIpc) is 3.13. The molecule has 1 saturated heterocycles. The molecule has 8 nitrogen and oxygen atoms in total. The molecule has 0 saturated carbocycles. The molecule has 0 spiro atoms. The Labute approximate surface area is 200 Å². The Kier molecular flexibility index (Phi) is 7.04. The lowest BCUT2D eigenvalue weighted by molar-refractivity contribution is -0.131. The van der Waals surface area contributed by atoms with Crippen molar-refractivity contribution >= 4 is 15.9 Å². The van der Waals surface area contributed by atoms with Crippen LogP contribution in [0.2, 0.25) is 0 Å². The van der Waals surface area contributed by atoms with Crippen LogP contribution in [0, 0.1) is 13.8 Å². The molecule has 2 heterocycles. The Bertz CT molecular complexity index is 1250. The van der Waals surface area contributed by atoms with Crippen molar-refractivity contribution in [2.75, 3.05) is 33.3 Å². The van der Waals surface area contributed by atoms with E-state index in [1.165, 1.54) is 4.31 Å². The number of aryl methyl sites for hydroxylation is 1. The summed E-state index contributed by atoms with van der Waals surface area (Å²) in [7, 11) is -2.11. The van der Waals surface area contributed by atoms with Gasteiger partial charge in [0, 0.05) is 26.2 Å². The summed E-state index contributed by atoms with van der Waals surface area (Å²) in [6, 6.07) is 17.2. The highest BCUT2D eigenvalue weighted by Crippen LogP contribution is 2.25. The van der Waals surface area contributed by atoms with Crippen molar-refractivity contribution in [2.24, 2.45) is 0 Å². The first-order chi connectivity index (χ1) is 16.3. The van der Waals surface area contributed by atoms with Crippen molar-refractivity contribution < 1.29 is 17.9 Å². The number of sulfonamides is 1. The molecule has 180 valence electrons. The summed E-state index contributed by atoms with van der Waals surface area (Å²) in [5.74, 6) is 0.734. The predicted octanol–water partition coefficient (Wildman–Crippen LogP) is 2.63. The van der Waals surface area contributed by atoms with Gasteiger partial charge in [0.05, 0.1) is 31.5 Å². The van der Waals surface area contributed by atoms with Crippen LogP contribution in [0.1, 0.15) is 22.5 Å². The molecule has 1 aliphatic rings. The molecule has 1 aliphatic heterocycles. The van der Waals surface area contributed by atoms with Gasteiger partial charge in [-0.25, -0.2) is 8.42 Å². The van der Waals surface area contributed by atoms with Crippen LogP contribution in [0.5, 0.6) is 5.75 Å². The van der Waals surface area contributed by atoms with E-state index in [-0.39, 0.29) is 30.3 Å². The Morgan fingerprint density at radius 3 is 2.21 bits per heavy atom. The first-order valence-corrected chi connectivity index (χ1v) is 12.7. The van der Waals surface area contributed by atoms with Crippen molar-refractivity contribution in [3.63, 3.8) is 0 Å². The molecule has 1 aromatic heterocycles. The molecule has 0 radical (unpaired) electrons. The highest BCUT2D eigenvalue weighted by atomic mass is 32.2. The summed E-state index contributed by atoms with van der Waals surface area (Å²) in [5, 5.41) is 4.51. The summed E-state index contributed by atoms with van der Waals surface area (Å²) in [6.45, 7) is 5.30. The smallest absolute Gasteiger partial charge is 0.246 e. The van der Waals surface area contributed by atoms with E-state index in [1.54, 1.807) is 30.5 Å². The highest BCUT2D eigenvalue weighted by Gasteiger charge is 2.34. The molecule has 2 aromatic carbocycles. The Morgan fingerprint density at radius 2 is 1.59 bits per heavy atom. The number of methoxy groups -OCH3 is 1. The van der Waals surface area contributed by atoms with E-state index in [0.717, 1.165) is 16.9 Å². The second-order valence-corrected chi connectivity index (χ2v) is 10.3. The maximum atomic E-state index is 13.5. The van der Waals surface area contributed by atoms with Gasteiger partial charge in [-0.05, 0) is 37.1 Å². The number of carbonyl (C=O) groups excluding carboxylic acids is 1. The third-order valence-corrected chi connectivity index (χ3v) is 8.35. The molecule has 1 fully saturated rings. The van der Waals surface area contributed by atoms with E-state index in [4.69, 9.17) is 4.74 Å². The van der Waals surface area contributed by atoms with E-state index in [1.807, 2.05) is 54.6 Å². The number of rotatable bonds is 7. The van der Waals surface area contributed by atoms with E-state index < -0.39 is 10.0 Å². The van der Waals surface area contributed by atoms with Gasteiger partial charge < -0.3 is 9.64 Å². The Hall–Kier alpha value is -3.17. The zero-order chi connectivity index (χ0) is 24.3. The lowest BCUT2D eigenvalue weighted by Crippen LogP contribution is -2.51. The van der Waals surface area contributed by atoms with Crippen LogP contribution in [0.3, 0.4) is 0 Å². The predicted molar refractivity (Wildman–Crippen MR) is 129 cm³/mol. The van der Waals surface area contributed by atoms with Crippen molar-refractivity contribution in [1.29, 1.82) is 0 Å². The first kappa shape index (κ1) is 24.0. The summed E-state index contributed by atoms with van der Waals surface area (Å²) in [5.41, 5.74) is 3.07. The van der Waals surface area contributed by atoms with Crippen LogP contribution >= 0.6 is 0 Å². The summed E-state index contributed by atoms with van der Waals surface area (Å²) in [6.07, 6.45) is 0.279. The van der Waals surface area contributed by atoms with Gasteiger partial charge in [0.15, 0.2) is 0 Å². The number of ether oxygens (including phenoxy) is 1. The average molecular weight is 483 g/mol. The number of aromatic nitrogens is 2. The van der Waals surface area contributed by atoms with Crippen molar-refractivity contribution in [1.82, 2.24) is 19.0 Å². The topological polar surface area (TPSA) is 84.7 Å². The van der Waals surface area contributed by atoms with Gasteiger partial charge in [-0.2, -0.15) is 9.40 Å². The van der Waals surface area contributed by atoms with E-state index >= 15 is 0 Å². The number of amides is 1. The van der Waals surface area contributed by atoms with Crippen molar-refractivity contribution in [3.05, 3.63) is 77.1 Å². The van der Waals surface area contributed by atoms with Crippen LogP contribution in [0.15, 0.2) is 59.5 Å². The number of hydrogen-bond acceptors (Lipinski definition) is 5. The molecular formula is C25H30N4O4S. The normalized spacial score (nSPS) is 14.9. The molecular weight excluding hydrogens is 452 g/mol. The van der Waals surface area contributed by atoms with Gasteiger partial charge in [-0.3, -0.25) is 9.48 Å². The van der Waals surface area contributed by atoms with E-state index in [2.05, 4.69) is 5.10 Å². The second kappa shape index (κ2) is 9.99. The van der Waals surface area contributed by atoms with Gasteiger partial charge >= 0.3 is 0 Å². The minimum atomic E-state index is -3.71. The molecule has 0 unspecified atom stereocenters. The number of nitrogens with zero attached hydrogens (tertiary/aromatic N) is 4. The molecule has 1 amide bonds. The first-order valence-electron chi connectivity index (χ1n) is 11.3. The summed E-state index contributed by atoms with van der Waals surface area (Å²) >= 11 is 0. The largest absolute Gasteiger partial charge is 0.497 e. The fraction of sp³-hybridized carbons (Fsp3) is 0.360. The lowest BCUT2D eigenvalue weighted by atomic mass is 10.1. The Morgan fingerprint density at radius 1 is 0.941 bits per heavy atom. The zero-order valence-corrected chi connectivity index (χ0v) is 20.6. The molecule has 34 heavy (non-hydrogen) atoms. The zero-order valence-electron chi connectivity index (χ0n) is 19.8.